The Morgan fingerprint density at radius 2 is 2.24 bits per heavy atom. The predicted octanol–water partition coefficient (Wildman–Crippen LogP) is 1.24. The smallest absolute Gasteiger partial charge is 0.341 e. The lowest BCUT2D eigenvalue weighted by Crippen LogP contribution is -2.46. The van der Waals surface area contributed by atoms with Crippen LogP contribution in [-0.2, 0) is 11.3 Å². The monoisotopic (exact) mass is 411 g/mol. The minimum absolute atomic E-state index is 0.0626. The molecule has 1 aliphatic heterocycles. The topological polar surface area (TPSA) is 93.0 Å². The van der Waals surface area contributed by atoms with Crippen LogP contribution in [0.25, 0.3) is 10.9 Å². The number of aromatic carboxylic acids is 1. The summed E-state index contributed by atoms with van der Waals surface area (Å²) in [5.41, 5.74) is -1.10. The third kappa shape index (κ3) is 3.90. The van der Waals surface area contributed by atoms with Gasteiger partial charge in [0.1, 0.15) is 17.9 Å². The number of ether oxygens (including phenoxy) is 2. The molecule has 2 aromatic rings. The van der Waals surface area contributed by atoms with Crippen LogP contribution in [0, 0.1) is 5.82 Å². The van der Waals surface area contributed by atoms with E-state index in [0.29, 0.717) is 26.2 Å². The fourth-order valence-corrected chi connectivity index (χ4v) is 3.67. The van der Waals surface area contributed by atoms with Crippen molar-refractivity contribution in [3.05, 3.63) is 33.9 Å². The number of hydrogen-bond donors (Lipinski definition) is 2. The lowest BCUT2D eigenvalue weighted by Gasteiger charge is -2.35. The van der Waals surface area contributed by atoms with Crippen LogP contribution in [0.1, 0.15) is 10.4 Å². The van der Waals surface area contributed by atoms with E-state index >= 15 is 4.39 Å². The van der Waals surface area contributed by atoms with E-state index < -0.39 is 29.5 Å². The second-order valence-electron chi connectivity index (χ2n) is 6.69. The van der Waals surface area contributed by atoms with Crippen molar-refractivity contribution in [1.29, 1.82) is 0 Å². The molecule has 1 atom stereocenters. The number of carbonyl (C=O) groups is 1. The van der Waals surface area contributed by atoms with Gasteiger partial charge in [0.15, 0.2) is 11.6 Å². The van der Waals surface area contributed by atoms with Crippen molar-refractivity contribution in [1.82, 2.24) is 9.88 Å². The number of rotatable bonds is 7. The number of halogens is 2. The number of methoxy groups -OCH3 is 1. The molecule has 0 bridgehead atoms. The molecule has 1 saturated heterocycles. The quantitative estimate of drug-likeness (QED) is 0.708. The second-order valence-corrected chi connectivity index (χ2v) is 6.69. The molecule has 1 aromatic carbocycles. The highest BCUT2D eigenvalue weighted by molar-refractivity contribution is 5.97. The average Bonchev–Trinajstić information content (AvgIpc) is 2.69. The highest BCUT2D eigenvalue weighted by Crippen LogP contribution is 2.38. The van der Waals surface area contributed by atoms with Gasteiger partial charge >= 0.3 is 5.97 Å². The van der Waals surface area contributed by atoms with Crippen LogP contribution in [0.5, 0.6) is 5.75 Å². The van der Waals surface area contributed by atoms with Crippen molar-refractivity contribution < 1.29 is 28.2 Å². The normalized spacial score (nSPS) is 17.0. The summed E-state index contributed by atoms with van der Waals surface area (Å²) in [7, 11) is 3.12. The fraction of sp³-hybridized carbons (Fsp3) is 0.474. The van der Waals surface area contributed by atoms with E-state index in [9.17, 15) is 19.1 Å². The highest BCUT2D eigenvalue weighted by Gasteiger charge is 2.29. The van der Waals surface area contributed by atoms with Gasteiger partial charge in [-0.2, -0.15) is 0 Å². The van der Waals surface area contributed by atoms with Gasteiger partial charge < -0.3 is 29.4 Å². The van der Waals surface area contributed by atoms with Gasteiger partial charge in [0.25, 0.3) is 0 Å². The maximum Gasteiger partial charge on any atom is 0.341 e. The molecule has 10 heteroatoms. The summed E-state index contributed by atoms with van der Waals surface area (Å²) in [5.74, 6) is -2.12. The molecule has 0 spiro atoms. The molecule has 0 saturated carbocycles. The first kappa shape index (κ1) is 21.0. The number of anilines is 1. The summed E-state index contributed by atoms with van der Waals surface area (Å²) in [6.45, 7) is 0.739. The van der Waals surface area contributed by atoms with Crippen molar-refractivity contribution in [2.24, 2.45) is 0 Å². The number of pyridine rings is 1. The van der Waals surface area contributed by atoms with E-state index in [-0.39, 0.29) is 35.0 Å². The average molecular weight is 411 g/mol. The zero-order valence-corrected chi connectivity index (χ0v) is 16.2. The molecule has 2 N–H and O–H groups in total. The number of alkyl halides is 1. The zero-order valence-electron chi connectivity index (χ0n) is 16.2. The van der Waals surface area contributed by atoms with Gasteiger partial charge in [-0.25, -0.2) is 13.6 Å². The van der Waals surface area contributed by atoms with E-state index in [1.807, 2.05) is 0 Å². The molecule has 29 heavy (non-hydrogen) atoms. The van der Waals surface area contributed by atoms with E-state index in [1.165, 1.54) is 11.7 Å². The molecular weight excluding hydrogens is 388 g/mol. The lowest BCUT2D eigenvalue weighted by atomic mass is 10.1. The van der Waals surface area contributed by atoms with Crippen LogP contribution in [-0.4, -0.2) is 68.8 Å². The van der Waals surface area contributed by atoms with Gasteiger partial charge in [0.2, 0.25) is 5.43 Å². The summed E-state index contributed by atoms with van der Waals surface area (Å²) in [4.78, 5) is 25.8. The van der Waals surface area contributed by atoms with Crippen molar-refractivity contribution >= 4 is 22.6 Å². The maximum absolute atomic E-state index is 15.1. The van der Waals surface area contributed by atoms with Gasteiger partial charge in [-0.1, -0.05) is 0 Å². The van der Waals surface area contributed by atoms with Crippen LogP contribution in [0.3, 0.4) is 0 Å². The van der Waals surface area contributed by atoms with Gasteiger partial charge in [0, 0.05) is 25.8 Å². The summed E-state index contributed by atoms with van der Waals surface area (Å²) in [6, 6.07) is 0.999. The third-order valence-corrected chi connectivity index (χ3v) is 4.89. The SMILES string of the molecule is CNCC1CN(c2c(F)cc3c(=O)c(C(=O)O)cn(CCF)c3c2OC)CCO1. The number of hydrogen-bond acceptors (Lipinski definition) is 6. The molecule has 0 amide bonds. The number of morpholine rings is 1. The summed E-state index contributed by atoms with van der Waals surface area (Å²) in [5, 5.41) is 12.1. The fourth-order valence-electron chi connectivity index (χ4n) is 3.67. The number of likely N-dealkylation sites (N-methyl/N-ethyl adjacent to an activating group) is 1. The Labute approximate surface area is 165 Å². The van der Waals surface area contributed by atoms with Crippen molar-refractivity contribution in [2.45, 2.75) is 12.6 Å². The van der Waals surface area contributed by atoms with Gasteiger partial charge in [-0.15, -0.1) is 0 Å². The standard InChI is InChI=1S/C19H23F2N3O5/c1-22-8-11-9-24(5-6-29-11)16-14(21)7-12-15(18(16)28-2)23(4-3-20)10-13(17(12)25)19(26)27/h7,10-11,22H,3-6,8-9H2,1-2H3,(H,26,27). The number of aromatic nitrogens is 1. The number of aryl methyl sites for hydroxylation is 1. The van der Waals surface area contributed by atoms with Crippen LogP contribution in [0.4, 0.5) is 14.5 Å². The third-order valence-electron chi connectivity index (χ3n) is 4.89. The summed E-state index contributed by atoms with van der Waals surface area (Å²) < 4.78 is 40.7. The van der Waals surface area contributed by atoms with E-state index in [1.54, 1.807) is 11.9 Å². The summed E-state index contributed by atoms with van der Waals surface area (Å²) in [6.07, 6.45) is 0.899. The largest absolute Gasteiger partial charge is 0.492 e. The molecular formula is C19H23F2N3O5. The van der Waals surface area contributed by atoms with Crippen LogP contribution >= 0.6 is 0 Å². The lowest BCUT2D eigenvalue weighted by molar-refractivity contribution is 0.0418. The van der Waals surface area contributed by atoms with Gasteiger partial charge in [0.05, 0.1) is 37.3 Å². The molecule has 1 fully saturated rings. The Balaban J connectivity index is 2.26. The molecule has 0 radical (unpaired) electrons. The predicted molar refractivity (Wildman–Crippen MR) is 104 cm³/mol. The molecule has 1 aliphatic rings. The second kappa shape index (κ2) is 8.75. The summed E-state index contributed by atoms with van der Waals surface area (Å²) >= 11 is 0. The Morgan fingerprint density at radius 3 is 2.86 bits per heavy atom. The minimum atomic E-state index is -1.46. The molecule has 3 rings (SSSR count). The van der Waals surface area contributed by atoms with Crippen LogP contribution in [0.15, 0.2) is 17.1 Å². The Morgan fingerprint density at radius 1 is 1.48 bits per heavy atom. The molecule has 8 nitrogen and oxygen atoms in total. The zero-order chi connectivity index (χ0) is 21.1. The molecule has 1 aromatic heterocycles. The first-order chi connectivity index (χ1) is 13.9. The molecule has 2 heterocycles. The van der Waals surface area contributed by atoms with Crippen molar-refractivity contribution in [3.8, 4) is 5.75 Å². The Bertz CT molecular complexity index is 977. The van der Waals surface area contributed by atoms with Gasteiger partial charge in [-0.05, 0) is 13.1 Å². The first-order valence-corrected chi connectivity index (χ1v) is 9.17. The number of benzene rings is 1. The van der Waals surface area contributed by atoms with Crippen LogP contribution < -0.4 is 20.4 Å². The molecule has 158 valence electrons. The van der Waals surface area contributed by atoms with E-state index in [2.05, 4.69) is 5.32 Å². The van der Waals surface area contributed by atoms with E-state index in [0.717, 1.165) is 12.3 Å². The van der Waals surface area contributed by atoms with Gasteiger partial charge in [-0.3, -0.25) is 4.79 Å². The minimum Gasteiger partial charge on any atom is -0.492 e. The van der Waals surface area contributed by atoms with Crippen molar-refractivity contribution in [3.63, 3.8) is 0 Å². The number of nitrogens with one attached hydrogen (secondary N) is 1. The first-order valence-electron chi connectivity index (χ1n) is 9.17. The van der Waals surface area contributed by atoms with Crippen molar-refractivity contribution in [2.75, 3.05) is 52.0 Å². The maximum atomic E-state index is 15.1. The number of carboxylic acids is 1. The van der Waals surface area contributed by atoms with Crippen LogP contribution in [0.2, 0.25) is 0 Å². The highest BCUT2D eigenvalue weighted by atomic mass is 19.1. The Kier molecular flexibility index (Phi) is 6.33. The number of carboxylic acid groups (broad SMARTS) is 1. The number of nitrogens with zero attached hydrogens (tertiary/aromatic N) is 2. The van der Waals surface area contributed by atoms with E-state index in [4.69, 9.17) is 9.47 Å². The number of fused-ring (bicyclic) bond motifs is 1. The Hall–Kier alpha value is -2.72. The molecule has 0 aliphatic carbocycles. The molecule has 1 unspecified atom stereocenters.